The Kier molecular flexibility index (Phi) is 4.30. The first kappa shape index (κ1) is 16.1. The van der Waals surface area contributed by atoms with Gasteiger partial charge in [-0.25, -0.2) is 0 Å². The van der Waals surface area contributed by atoms with E-state index in [4.69, 9.17) is 4.74 Å². The zero-order valence-electron chi connectivity index (χ0n) is 14.5. The van der Waals surface area contributed by atoms with Crippen molar-refractivity contribution in [3.63, 3.8) is 0 Å². The molecule has 0 bridgehead atoms. The smallest absolute Gasteiger partial charge is 0.253 e. The first-order valence-corrected chi connectivity index (χ1v) is 7.99. The Hall–Kier alpha value is -2.75. The molecule has 2 aromatic carbocycles. The van der Waals surface area contributed by atoms with Gasteiger partial charge >= 0.3 is 0 Å². The Morgan fingerprint density at radius 2 is 1.75 bits per heavy atom. The lowest BCUT2D eigenvalue weighted by Crippen LogP contribution is -2.16. The quantitative estimate of drug-likeness (QED) is 0.761. The van der Waals surface area contributed by atoms with Crippen LogP contribution in [0.2, 0.25) is 0 Å². The fourth-order valence-electron chi connectivity index (χ4n) is 3.13. The molecule has 0 amide bonds. The Bertz CT molecular complexity index is 934. The van der Waals surface area contributed by atoms with Gasteiger partial charge in [-0.2, -0.15) is 0 Å². The third kappa shape index (κ3) is 3.13. The molecule has 0 saturated carbocycles. The van der Waals surface area contributed by atoms with Gasteiger partial charge in [0.2, 0.25) is 0 Å². The van der Waals surface area contributed by atoms with Gasteiger partial charge in [0, 0.05) is 28.7 Å². The number of pyridine rings is 1. The third-order valence-electron chi connectivity index (χ3n) is 4.26. The largest absolute Gasteiger partial charge is 0.497 e. The fraction of sp³-hybridized carbons (Fsp3) is 0.250. The van der Waals surface area contributed by atoms with Crippen LogP contribution in [0.3, 0.4) is 0 Å². The maximum absolute atomic E-state index is 12.3. The van der Waals surface area contributed by atoms with Crippen molar-refractivity contribution in [1.29, 1.82) is 0 Å². The number of hydrogen-bond donors (Lipinski definition) is 2. The highest BCUT2D eigenvalue weighted by Crippen LogP contribution is 2.23. The van der Waals surface area contributed by atoms with Gasteiger partial charge in [0.15, 0.2) is 0 Å². The maximum Gasteiger partial charge on any atom is 0.253 e. The van der Waals surface area contributed by atoms with E-state index in [1.807, 2.05) is 24.3 Å². The van der Waals surface area contributed by atoms with E-state index in [1.165, 1.54) is 16.7 Å². The second-order valence-corrected chi connectivity index (χ2v) is 6.20. The minimum Gasteiger partial charge on any atom is -0.497 e. The third-order valence-corrected chi connectivity index (χ3v) is 4.26. The van der Waals surface area contributed by atoms with Crippen LogP contribution in [0.15, 0.2) is 41.2 Å². The molecule has 1 aromatic heterocycles. The normalized spacial score (nSPS) is 10.8. The molecule has 0 spiro atoms. The summed E-state index contributed by atoms with van der Waals surface area (Å²) in [6, 6.07) is 11.8. The van der Waals surface area contributed by atoms with Gasteiger partial charge in [0.05, 0.1) is 7.11 Å². The summed E-state index contributed by atoms with van der Waals surface area (Å²) >= 11 is 0. The van der Waals surface area contributed by atoms with Crippen molar-refractivity contribution in [1.82, 2.24) is 4.98 Å². The van der Waals surface area contributed by atoms with Crippen LogP contribution >= 0.6 is 0 Å². The maximum atomic E-state index is 12.3. The van der Waals surface area contributed by atoms with Crippen LogP contribution in [0.1, 0.15) is 22.3 Å². The highest BCUT2D eigenvalue weighted by atomic mass is 16.5. The molecule has 0 aliphatic rings. The van der Waals surface area contributed by atoms with Crippen LogP contribution in [0, 0.1) is 20.8 Å². The number of rotatable bonds is 4. The number of anilines is 1. The van der Waals surface area contributed by atoms with Crippen LogP contribution in [0.5, 0.6) is 5.75 Å². The van der Waals surface area contributed by atoms with Crippen molar-refractivity contribution in [2.75, 3.05) is 12.4 Å². The molecular formula is C20H22N2O2. The van der Waals surface area contributed by atoms with Crippen molar-refractivity contribution in [2.24, 2.45) is 0 Å². The van der Waals surface area contributed by atoms with E-state index < -0.39 is 0 Å². The van der Waals surface area contributed by atoms with Crippen LogP contribution < -0.4 is 15.6 Å². The predicted molar refractivity (Wildman–Crippen MR) is 99.1 cm³/mol. The Morgan fingerprint density at radius 3 is 2.42 bits per heavy atom. The van der Waals surface area contributed by atoms with Crippen molar-refractivity contribution < 1.29 is 4.74 Å². The number of ether oxygens (including phenoxy) is 1. The summed E-state index contributed by atoms with van der Waals surface area (Å²) < 4.78 is 5.26. The summed E-state index contributed by atoms with van der Waals surface area (Å²) in [6.07, 6.45) is 0. The second kappa shape index (κ2) is 6.40. The molecule has 3 aromatic rings. The second-order valence-electron chi connectivity index (χ2n) is 6.20. The van der Waals surface area contributed by atoms with Crippen molar-refractivity contribution in [2.45, 2.75) is 27.3 Å². The van der Waals surface area contributed by atoms with Gasteiger partial charge in [0.1, 0.15) is 5.75 Å². The fourth-order valence-corrected chi connectivity index (χ4v) is 3.13. The summed E-state index contributed by atoms with van der Waals surface area (Å²) in [6.45, 7) is 6.73. The van der Waals surface area contributed by atoms with Gasteiger partial charge in [-0.3, -0.25) is 4.79 Å². The monoisotopic (exact) mass is 322 g/mol. The molecule has 4 heteroatoms. The molecule has 0 fully saturated rings. The Morgan fingerprint density at radius 1 is 1.04 bits per heavy atom. The number of aromatic amines is 1. The number of benzene rings is 2. The molecule has 24 heavy (non-hydrogen) atoms. The molecule has 1 heterocycles. The van der Waals surface area contributed by atoms with E-state index in [2.05, 4.69) is 43.2 Å². The summed E-state index contributed by atoms with van der Waals surface area (Å²) in [5.74, 6) is 0.777. The molecule has 0 atom stereocenters. The zero-order chi connectivity index (χ0) is 17.3. The molecule has 124 valence electrons. The highest BCUT2D eigenvalue weighted by Gasteiger charge is 2.07. The summed E-state index contributed by atoms with van der Waals surface area (Å²) in [7, 11) is 1.64. The predicted octanol–water partition coefficient (Wildman–Crippen LogP) is 4.07. The number of aromatic nitrogens is 1. The van der Waals surface area contributed by atoms with E-state index in [0.29, 0.717) is 12.1 Å². The highest BCUT2D eigenvalue weighted by molar-refractivity contribution is 5.80. The average Bonchev–Trinajstić information content (AvgIpc) is 2.53. The van der Waals surface area contributed by atoms with Gasteiger partial charge in [-0.1, -0.05) is 17.7 Å². The van der Waals surface area contributed by atoms with Crippen LogP contribution in [-0.2, 0) is 6.54 Å². The minimum absolute atomic E-state index is 0.0671. The molecule has 3 rings (SSSR count). The lowest BCUT2D eigenvalue weighted by atomic mass is 10.0. The van der Waals surface area contributed by atoms with E-state index in [0.717, 1.165) is 22.3 Å². The lowest BCUT2D eigenvalue weighted by molar-refractivity contribution is 0.415. The molecule has 0 radical (unpaired) electrons. The first-order chi connectivity index (χ1) is 11.5. The molecule has 0 aliphatic carbocycles. The number of aryl methyl sites for hydroxylation is 3. The molecule has 4 nitrogen and oxygen atoms in total. The number of methoxy groups -OCH3 is 1. The number of fused-ring (bicyclic) bond motifs is 1. The van der Waals surface area contributed by atoms with Gasteiger partial charge in [-0.05, 0) is 56.2 Å². The van der Waals surface area contributed by atoms with E-state index >= 15 is 0 Å². The number of hydrogen-bond acceptors (Lipinski definition) is 3. The van der Waals surface area contributed by atoms with Gasteiger partial charge < -0.3 is 15.0 Å². The van der Waals surface area contributed by atoms with E-state index in [9.17, 15) is 4.79 Å². The van der Waals surface area contributed by atoms with Crippen molar-refractivity contribution in [3.05, 3.63) is 69.0 Å². The standard InChI is InChI=1S/C20H22N2O2/c1-12-7-13(2)19(14(3)8-12)21-11-16-9-15-10-17(24-4)5-6-18(15)22-20(16)23/h5-10,21H,11H2,1-4H3,(H,22,23). The number of nitrogens with one attached hydrogen (secondary N) is 2. The van der Waals surface area contributed by atoms with Gasteiger partial charge in [-0.15, -0.1) is 0 Å². The average molecular weight is 322 g/mol. The molecule has 0 saturated heterocycles. The summed E-state index contributed by atoms with van der Waals surface area (Å²) in [5.41, 5.74) is 6.15. The van der Waals surface area contributed by atoms with Crippen LogP contribution in [-0.4, -0.2) is 12.1 Å². The molecule has 0 aliphatic heterocycles. The topological polar surface area (TPSA) is 54.1 Å². The lowest BCUT2D eigenvalue weighted by Gasteiger charge is -2.14. The Balaban J connectivity index is 1.93. The van der Waals surface area contributed by atoms with Crippen LogP contribution in [0.4, 0.5) is 5.69 Å². The van der Waals surface area contributed by atoms with Crippen molar-refractivity contribution >= 4 is 16.6 Å². The SMILES string of the molecule is COc1ccc2[nH]c(=O)c(CNc3c(C)cc(C)cc3C)cc2c1. The minimum atomic E-state index is -0.0671. The van der Waals surface area contributed by atoms with Crippen LogP contribution in [0.25, 0.3) is 10.9 Å². The van der Waals surface area contributed by atoms with Gasteiger partial charge in [0.25, 0.3) is 5.56 Å². The van der Waals surface area contributed by atoms with Crippen molar-refractivity contribution in [3.8, 4) is 5.75 Å². The summed E-state index contributed by atoms with van der Waals surface area (Å²) in [4.78, 5) is 15.2. The summed E-state index contributed by atoms with van der Waals surface area (Å²) in [5, 5.41) is 4.37. The van der Waals surface area contributed by atoms with E-state index in [-0.39, 0.29) is 5.56 Å². The molecule has 0 unspecified atom stereocenters. The molecular weight excluding hydrogens is 300 g/mol. The zero-order valence-corrected chi connectivity index (χ0v) is 14.5. The first-order valence-electron chi connectivity index (χ1n) is 7.99. The van der Waals surface area contributed by atoms with E-state index in [1.54, 1.807) is 7.11 Å². The number of H-pyrrole nitrogens is 1. The Labute approximate surface area is 141 Å². The molecule has 2 N–H and O–H groups in total.